The van der Waals surface area contributed by atoms with E-state index in [0.717, 1.165) is 0 Å². The highest BCUT2D eigenvalue weighted by Crippen LogP contribution is 2.28. The second-order valence-electron chi connectivity index (χ2n) is 5.49. The van der Waals surface area contributed by atoms with E-state index in [0.29, 0.717) is 0 Å². The van der Waals surface area contributed by atoms with Crippen LogP contribution in [-0.2, 0) is 33.4 Å². The molecule has 2 aliphatic rings. The van der Waals surface area contributed by atoms with Crippen LogP contribution in [0.2, 0.25) is 0 Å². The average molecular weight is 382 g/mol. The van der Waals surface area contributed by atoms with Crippen molar-refractivity contribution in [3.8, 4) is 0 Å². The van der Waals surface area contributed by atoms with Crippen molar-refractivity contribution in [3.63, 3.8) is 0 Å². The zero-order valence-electron chi connectivity index (χ0n) is 13.5. The highest BCUT2D eigenvalue weighted by molar-refractivity contribution is 5.69. The summed E-state index contributed by atoms with van der Waals surface area (Å²) >= 11 is 0. The molecular formula is C12H18N2O12. The van der Waals surface area contributed by atoms with Crippen LogP contribution in [0.4, 0.5) is 0 Å². The van der Waals surface area contributed by atoms with Crippen molar-refractivity contribution in [1.82, 2.24) is 0 Å². The Morgan fingerprint density at radius 1 is 1.15 bits per heavy atom. The highest BCUT2D eigenvalue weighted by Gasteiger charge is 2.48. The summed E-state index contributed by atoms with van der Waals surface area (Å²) in [6.07, 6.45) is -3.92. The van der Waals surface area contributed by atoms with Gasteiger partial charge in [0.15, 0.2) is 12.2 Å². The predicted molar refractivity (Wildman–Crippen MR) is 75.6 cm³/mol. The normalized spacial score (nSPS) is 28.2. The minimum atomic E-state index is -1.32. The van der Waals surface area contributed by atoms with Gasteiger partial charge in [-0.25, -0.2) is 0 Å². The number of aliphatic hydroxyl groups excluding tert-OH is 1. The van der Waals surface area contributed by atoms with E-state index < -0.39 is 59.9 Å². The first-order valence-corrected chi connectivity index (χ1v) is 7.63. The van der Waals surface area contributed by atoms with Crippen molar-refractivity contribution in [1.29, 1.82) is 0 Å². The van der Waals surface area contributed by atoms with Gasteiger partial charge in [0, 0.05) is 0 Å². The van der Waals surface area contributed by atoms with Gasteiger partial charge in [0.25, 0.3) is 10.2 Å². The quantitative estimate of drug-likeness (QED) is 0.184. The van der Waals surface area contributed by atoms with Gasteiger partial charge in [0.2, 0.25) is 0 Å². The lowest BCUT2D eigenvalue weighted by Crippen LogP contribution is -2.34. The number of esters is 1. The molecule has 2 rings (SSSR count). The van der Waals surface area contributed by atoms with E-state index in [1.54, 1.807) is 0 Å². The van der Waals surface area contributed by atoms with Gasteiger partial charge in [-0.15, -0.1) is 20.2 Å². The molecule has 0 radical (unpaired) electrons. The molecule has 2 saturated heterocycles. The van der Waals surface area contributed by atoms with Crippen LogP contribution in [0.1, 0.15) is 6.42 Å². The fourth-order valence-electron chi connectivity index (χ4n) is 2.52. The molecule has 2 heterocycles. The number of carbonyl (C=O) groups is 1. The SMILES string of the molecule is O=C(CCOCC(CO[N+](=O)[O-])O[N+](=O)[O-])O[C@@H]1CO[C@H]2[C@@H]1OC[C@H]2O. The van der Waals surface area contributed by atoms with E-state index in [9.17, 15) is 30.1 Å². The molecule has 0 bridgehead atoms. The van der Waals surface area contributed by atoms with Crippen LogP contribution in [0.5, 0.6) is 0 Å². The van der Waals surface area contributed by atoms with E-state index in [1.165, 1.54) is 0 Å². The van der Waals surface area contributed by atoms with Crippen molar-refractivity contribution in [2.45, 2.75) is 36.9 Å². The van der Waals surface area contributed by atoms with Crippen LogP contribution in [0.25, 0.3) is 0 Å². The molecular weight excluding hydrogens is 364 g/mol. The van der Waals surface area contributed by atoms with Gasteiger partial charge in [-0.05, 0) is 0 Å². The molecule has 0 aliphatic carbocycles. The molecule has 14 nitrogen and oxygen atoms in total. The number of carbonyl (C=O) groups excluding carboxylic acids is 1. The standard InChI is InChI=1S/C12H18N2O12/c15-8-5-22-12-9(6-23-11(8)12)25-10(16)1-2-21-3-7(26-14(19)20)4-24-13(17)18/h7-9,11-12,15H,1-6H2/t7?,8-,9-,11-,12-/m1/s1. The van der Waals surface area contributed by atoms with Gasteiger partial charge >= 0.3 is 5.97 Å². The van der Waals surface area contributed by atoms with E-state index >= 15 is 0 Å². The Balaban J connectivity index is 1.64. The first kappa shape index (κ1) is 20.0. The van der Waals surface area contributed by atoms with Crippen molar-refractivity contribution < 1.29 is 48.7 Å². The Bertz CT molecular complexity index is 516. The van der Waals surface area contributed by atoms with Gasteiger partial charge in [-0.1, -0.05) is 0 Å². The first-order chi connectivity index (χ1) is 12.4. The smallest absolute Gasteiger partial charge is 0.308 e. The van der Waals surface area contributed by atoms with Crippen molar-refractivity contribution >= 4 is 5.97 Å². The summed E-state index contributed by atoms with van der Waals surface area (Å²) in [5.41, 5.74) is 0. The molecule has 5 atom stereocenters. The lowest BCUT2D eigenvalue weighted by atomic mass is 10.1. The number of ether oxygens (including phenoxy) is 4. The average Bonchev–Trinajstić information content (AvgIpc) is 3.12. The summed E-state index contributed by atoms with van der Waals surface area (Å²) < 4.78 is 20.8. The zero-order valence-corrected chi connectivity index (χ0v) is 13.5. The number of rotatable bonds is 11. The van der Waals surface area contributed by atoms with Gasteiger partial charge in [-0.2, -0.15) is 0 Å². The minimum Gasteiger partial charge on any atom is -0.457 e. The molecule has 0 spiro atoms. The largest absolute Gasteiger partial charge is 0.457 e. The van der Waals surface area contributed by atoms with E-state index in [4.69, 9.17) is 18.9 Å². The Labute approximate surface area is 146 Å². The molecule has 0 amide bonds. The van der Waals surface area contributed by atoms with Crippen LogP contribution in [0.15, 0.2) is 0 Å². The second kappa shape index (κ2) is 9.42. The van der Waals surface area contributed by atoms with Crippen molar-refractivity contribution in [2.24, 2.45) is 0 Å². The Morgan fingerprint density at radius 2 is 1.88 bits per heavy atom. The number of fused-ring (bicyclic) bond motifs is 1. The van der Waals surface area contributed by atoms with Crippen LogP contribution in [0.3, 0.4) is 0 Å². The Morgan fingerprint density at radius 3 is 2.58 bits per heavy atom. The van der Waals surface area contributed by atoms with Gasteiger partial charge in [-0.3, -0.25) is 4.79 Å². The maximum absolute atomic E-state index is 11.8. The molecule has 0 aromatic rings. The van der Waals surface area contributed by atoms with E-state index in [-0.39, 0.29) is 26.2 Å². The molecule has 1 N–H and O–H groups in total. The third kappa shape index (κ3) is 5.91. The second-order valence-corrected chi connectivity index (χ2v) is 5.49. The van der Waals surface area contributed by atoms with Crippen LogP contribution >= 0.6 is 0 Å². The van der Waals surface area contributed by atoms with Crippen LogP contribution in [-0.4, -0.2) is 84.8 Å². The van der Waals surface area contributed by atoms with E-state index in [2.05, 4.69) is 9.68 Å². The van der Waals surface area contributed by atoms with Crippen LogP contribution < -0.4 is 0 Å². The molecule has 1 unspecified atom stereocenters. The van der Waals surface area contributed by atoms with Crippen molar-refractivity contribution in [2.75, 3.05) is 33.0 Å². The summed E-state index contributed by atoms with van der Waals surface area (Å²) in [5, 5.41) is 27.7. The first-order valence-electron chi connectivity index (χ1n) is 7.63. The monoisotopic (exact) mass is 382 g/mol. The molecule has 0 saturated carbocycles. The number of aliphatic hydroxyl groups is 1. The molecule has 26 heavy (non-hydrogen) atoms. The molecule has 2 fully saturated rings. The predicted octanol–water partition coefficient (Wildman–Crippen LogP) is -1.75. The van der Waals surface area contributed by atoms with Gasteiger partial charge in [0.05, 0.1) is 32.8 Å². The summed E-state index contributed by atoms with van der Waals surface area (Å²) in [7, 11) is 0. The molecule has 148 valence electrons. The molecule has 14 heteroatoms. The summed E-state index contributed by atoms with van der Waals surface area (Å²) in [5.74, 6) is -0.613. The Hall–Kier alpha value is -2.29. The maximum atomic E-state index is 11.8. The highest BCUT2D eigenvalue weighted by atomic mass is 17.0. The third-order valence-corrected chi connectivity index (χ3v) is 3.62. The lowest BCUT2D eigenvalue weighted by Gasteiger charge is -2.17. The number of hydrogen-bond donors (Lipinski definition) is 1. The third-order valence-electron chi connectivity index (χ3n) is 3.62. The van der Waals surface area contributed by atoms with Gasteiger partial charge in [0.1, 0.15) is 24.9 Å². The summed E-state index contributed by atoms with van der Waals surface area (Å²) in [6.45, 7) is -1.03. The summed E-state index contributed by atoms with van der Waals surface area (Å²) in [6, 6.07) is 0. The fraction of sp³-hybridized carbons (Fsp3) is 0.917. The van der Waals surface area contributed by atoms with Gasteiger partial charge < -0.3 is 33.7 Å². The maximum Gasteiger partial charge on any atom is 0.308 e. The zero-order chi connectivity index (χ0) is 19.1. The number of hydrogen-bond acceptors (Lipinski definition) is 12. The lowest BCUT2D eigenvalue weighted by molar-refractivity contribution is -0.790. The van der Waals surface area contributed by atoms with E-state index in [1.807, 2.05) is 0 Å². The molecule has 0 aromatic heterocycles. The summed E-state index contributed by atoms with van der Waals surface area (Å²) in [4.78, 5) is 40.3. The minimum absolute atomic E-state index is 0.107. The topological polar surface area (TPSA) is 179 Å². The fourth-order valence-corrected chi connectivity index (χ4v) is 2.52. The number of nitrogens with zero attached hydrogens (tertiary/aromatic N) is 2. The van der Waals surface area contributed by atoms with Crippen LogP contribution in [0, 0.1) is 20.2 Å². The molecule has 0 aromatic carbocycles. The molecule has 2 aliphatic heterocycles. The van der Waals surface area contributed by atoms with Crippen molar-refractivity contribution in [3.05, 3.63) is 20.2 Å². The Kier molecular flexibility index (Phi) is 7.26.